The number of hydrogen-bond donors (Lipinski definition) is 1. The number of aromatic nitrogens is 3. The molecule has 1 N–H and O–H groups in total. The molecule has 0 unspecified atom stereocenters. The van der Waals surface area contributed by atoms with Gasteiger partial charge in [-0.3, -0.25) is 4.98 Å². The predicted molar refractivity (Wildman–Crippen MR) is 142 cm³/mol. The summed E-state index contributed by atoms with van der Waals surface area (Å²) in [5.74, 6) is -1.32. The van der Waals surface area contributed by atoms with Crippen LogP contribution in [0.2, 0.25) is 10.0 Å². The normalized spacial score (nSPS) is 15.2. The highest BCUT2D eigenvalue weighted by molar-refractivity contribution is 7.91. The summed E-state index contributed by atoms with van der Waals surface area (Å²) >= 11 is 12.5. The summed E-state index contributed by atoms with van der Waals surface area (Å²) in [6, 6.07) is 15.6. The number of nitrogens with one attached hydrogen (secondary N) is 1. The van der Waals surface area contributed by atoms with Crippen molar-refractivity contribution in [3.63, 3.8) is 0 Å². The van der Waals surface area contributed by atoms with Crippen molar-refractivity contribution < 1.29 is 22.3 Å². The summed E-state index contributed by atoms with van der Waals surface area (Å²) in [7, 11) is -3.64. The molecule has 0 aliphatic carbocycles. The minimum Gasteiger partial charge on any atom is -0.389 e. The Hall–Kier alpha value is -3.73. The molecule has 0 spiro atoms. The molecule has 38 heavy (non-hydrogen) atoms. The largest absolute Gasteiger partial charge is 0.414 e. The van der Waals surface area contributed by atoms with Gasteiger partial charge in [-0.05, 0) is 59.7 Å². The molecular formula is C26H19Cl2FN4O4S. The van der Waals surface area contributed by atoms with Crippen molar-refractivity contribution in [2.45, 2.75) is 12.3 Å². The van der Waals surface area contributed by atoms with Crippen molar-refractivity contribution in [2.24, 2.45) is 0 Å². The Bertz CT molecular complexity index is 1660. The van der Waals surface area contributed by atoms with Gasteiger partial charge in [0.1, 0.15) is 5.82 Å². The Balaban J connectivity index is 1.60. The van der Waals surface area contributed by atoms with Crippen LogP contribution in [0.5, 0.6) is 5.88 Å². The highest BCUT2D eigenvalue weighted by Crippen LogP contribution is 2.39. The molecule has 0 saturated heterocycles. The van der Waals surface area contributed by atoms with Crippen LogP contribution in [0.15, 0.2) is 66.9 Å². The fraction of sp³-hybridized carbons (Fsp3) is 0.115. The van der Waals surface area contributed by atoms with Crippen molar-refractivity contribution in [3.05, 3.63) is 105 Å². The highest BCUT2D eigenvalue weighted by atomic mass is 35.5. The topological polar surface area (TPSA) is 103 Å². The molecule has 1 aliphatic rings. The number of nitrogens with zero attached hydrogens (tertiary/aromatic N) is 3. The van der Waals surface area contributed by atoms with Gasteiger partial charge in [0, 0.05) is 11.2 Å². The molecule has 0 atom stereocenters. The maximum atomic E-state index is 13.5. The first-order valence-corrected chi connectivity index (χ1v) is 13.9. The molecule has 3 heterocycles. The fourth-order valence-corrected chi connectivity index (χ4v) is 6.02. The van der Waals surface area contributed by atoms with E-state index in [-0.39, 0.29) is 28.8 Å². The second-order valence-electron chi connectivity index (χ2n) is 8.46. The smallest absolute Gasteiger partial charge is 0.389 e. The van der Waals surface area contributed by atoms with Crippen LogP contribution in [0, 0.1) is 5.82 Å². The van der Waals surface area contributed by atoms with E-state index in [0.29, 0.717) is 33.2 Å². The van der Waals surface area contributed by atoms with E-state index < -0.39 is 27.5 Å². The molecule has 5 rings (SSSR count). The first-order valence-electron chi connectivity index (χ1n) is 11.3. The molecule has 194 valence electrons. The Morgan fingerprint density at radius 1 is 1.11 bits per heavy atom. The third-order valence-electron chi connectivity index (χ3n) is 5.67. The molecule has 0 saturated carbocycles. The van der Waals surface area contributed by atoms with E-state index in [9.17, 15) is 17.6 Å². The van der Waals surface area contributed by atoms with Crippen LogP contribution in [0.1, 0.15) is 22.5 Å². The van der Waals surface area contributed by atoms with E-state index in [1.165, 1.54) is 35.0 Å². The number of pyridine rings is 1. The van der Waals surface area contributed by atoms with Crippen molar-refractivity contribution >= 4 is 50.8 Å². The van der Waals surface area contributed by atoms with Crippen LogP contribution >= 0.6 is 23.2 Å². The first kappa shape index (κ1) is 25.9. The van der Waals surface area contributed by atoms with Gasteiger partial charge in [-0.1, -0.05) is 41.4 Å². The maximum Gasteiger partial charge on any atom is 0.414 e. The summed E-state index contributed by atoms with van der Waals surface area (Å²) in [4.78, 5) is 16.8. The van der Waals surface area contributed by atoms with Crippen molar-refractivity contribution in [3.8, 4) is 11.6 Å². The van der Waals surface area contributed by atoms with Crippen LogP contribution in [0.25, 0.3) is 17.3 Å². The van der Waals surface area contributed by atoms with Crippen LogP contribution < -0.4 is 10.1 Å². The number of rotatable bonds is 5. The Morgan fingerprint density at radius 3 is 2.61 bits per heavy atom. The predicted octanol–water partition coefficient (Wildman–Crippen LogP) is 5.47. The lowest BCUT2D eigenvalue weighted by molar-refractivity contribution is 0.197. The first-order chi connectivity index (χ1) is 18.2. The zero-order valence-corrected chi connectivity index (χ0v) is 21.9. The molecule has 1 aliphatic heterocycles. The van der Waals surface area contributed by atoms with E-state index in [1.807, 2.05) is 0 Å². The minimum absolute atomic E-state index is 0.0968. The van der Waals surface area contributed by atoms with Gasteiger partial charge in [-0.25, -0.2) is 22.3 Å². The van der Waals surface area contributed by atoms with Gasteiger partial charge >= 0.3 is 6.09 Å². The van der Waals surface area contributed by atoms with Gasteiger partial charge in [0.2, 0.25) is 5.88 Å². The lowest BCUT2D eigenvalue weighted by Crippen LogP contribution is -2.27. The number of halogens is 3. The third kappa shape index (κ3) is 5.72. The highest BCUT2D eigenvalue weighted by Gasteiger charge is 2.35. The quantitative estimate of drug-likeness (QED) is 0.340. The van der Waals surface area contributed by atoms with Crippen LogP contribution in [-0.4, -0.2) is 35.0 Å². The Kier molecular flexibility index (Phi) is 7.20. The summed E-state index contributed by atoms with van der Waals surface area (Å²) in [5, 5.41) is 7.68. The number of carbonyl (C=O) groups excluding carboxylic acids is 1. The summed E-state index contributed by atoms with van der Waals surface area (Å²) in [6.45, 7) is 0.0968. The maximum absolute atomic E-state index is 13.5. The summed E-state index contributed by atoms with van der Waals surface area (Å²) in [5.41, 5.74) is 2.57. The molecule has 0 fully saturated rings. The van der Waals surface area contributed by atoms with Gasteiger partial charge in [0.05, 0.1) is 45.7 Å². The monoisotopic (exact) mass is 572 g/mol. The molecule has 0 bridgehead atoms. The third-order valence-corrected chi connectivity index (χ3v) is 7.69. The van der Waals surface area contributed by atoms with Crippen LogP contribution in [0.4, 0.5) is 9.18 Å². The number of hydrogen-bond acceptors (Lipinski definition) is 6. The molecule has 4 aromatic rings. The number of sulfone groups is 1. The minimum atomic E-state index is -3.64. The molecule has 0 radical (unpaired) electrons. The molecule has 2 aromatic carbocycles. The van der Waals surface area contributed by atoms with Gasteiger partial charge in [-0.2, -0.15) is 0 Å². The van der Waals surface area contributed by atoms with Gasteiger partial charge in [0.15, 0.2) is 9.84 Å². The molecular weight excluding hydrogens is 554 g/mol. The summed E-state index contributed by atoms with van der Waals surface area (Å²) in [6.07, 6.45) is 2.38. The van der Waals surface area contributed by atoms with Crippen molar-refractivity contribution in [2.75, 3.05) is 5.75 Å². The van der Waals surface area contributed by atoms with Gasteiger partial charge < -0.3 is 10.1 Å². The zero-order valence-electron chi connectivity index (χ0n) is 19.6. The van der Waals surface area contributed by atoms with E-state index in [0.717, 1.165) is 0 Å². The van der Waals surface area contributed by atoms with E-state index >= 15 is 0 Å². The molecule has 2 aromatic heterocycles. The lowest BCUT2D eigenvalue weighted by atomic mass is 10.1. The molecule has 8 nitrogen and oxygen atoms in total. The number of ether oxygens (including phenoxy) is 1. The van der Waals surface area contributed by atoms with E-state index in [4.69, 9.17) is 27.9 Å². The standard InChI is InChI=1S/C26H19Cl2FN4O4S/c27-18-6-9-23(22(28)12-18)33-24-17(11-16-4-7-19(29)8-5-16)14-38(35,36)15-21(24)25(32-33)37-26(34)31-13-20-3-1-2-10-30-20/h1-12H,13-15H2,(H,31,34)/b17-11+. The zero-order chi connectivity index (χ0) is 26.9. The molecule has 12 heteroatoms. The van der Waals surface area contributed by atoms with Crippen molar-refractivity contribution in [1.29, 1.82) is 0 Å². The second kappa shape index (κ2) is 10.6. The lowest BCUT2D eigenvalue weighted by Gasteiger charge is -2.19. The van der Waals surface area contributed by atoms with E-state index in [2.05, 4.69) is 15.4 Å². The number of benzene rings is 2. The SMILES string of the molecule is O=C(NCc1ccccn1)Oc1nn(-c2ccc(Cl)cc2Cl)c2c1CS(=O)(=O)C/C2=C\c1ccc(F)cc1. The van der Waals surface area contributed by atoms with Gasteiger partial charge in [0.25, 0.3) is 0 Å². The average Bonchev–Trinajstić information content (AvgIpc) is 3.21. The average molecular weight is 573 g/mol. The number of amides is 1. The van der Waals surface area contributed by atoms with Crippen molar-refractivity contribution in [1.82, 2.24) is 20.1 Å². The number of fused-ring (bicyclic) bond motifs is 1. The van der Waals surface area contributed by atoms with E-state index in [1.54, 1.807) is 42.6 Å². The Morgan fingerprint density at radius 2 is 1.89 bits per heavy atom. The Labute approximate surface area is 227 Å². The van der Waals surface area contributed by atoms with Crippen LogP contribution in [0.3, 0.4) is 0 Å². The number of carbonyl (C=O) groups is 1. The summed E-state index contributed by atoms with van der Waals surface area (Å²) < 4.78 is 46.2. The fourth-order valence-electron chi connectivity index (χ4n) is 4.04. The molecule has 1 amide bonds. The van der Waals surface area contributed by atoms with Gasteiger partial charge in [-0.15, -0.1) is 5.10 Å². The van der Waals surface area contributed by atoms with Crippen LogP contribution in [-0.2, 0) is 22.1 Å². The second-order valence-corrected chi connectivity index (χ2v) is 11.4.